The zero-order valence-corrected chi connectivity index (χ0v) is 11.9. The number of nitro groups is 1. The van der Waals surface area contributed by atoms with E-state index in [1.165, 1.54) is 24.5 Å². The number of rotatable bonds is 3. The van der Waals surface area contributed by atoms with Crippen molar-refractivity contribution in [3.8, 4) is 0 Å². The van der Waals surface area contributed by atoms with E-state index in [1.54, 1.807) is 24.3 Å². The van der Waals surface area contributed by atoms with E-state index in [-0.39, 0.29) is 5.69 Å². The van der Waals surface area contributed by atoms with Gasteiger partial charge < -0.3 is 5.21 Å². The first kappa shape index (κ1) is 14.5. The van der Waals surface area contributed by atoms with Crippen LogP contribution in [0.3, 0.4) is 0 Å². The van der Waals surface area contributed by atoms with Crippen molar-refractivity contribution in [3.05, 3.63) is 81.8 Å². The van der Waals surface area contributed by atoms with Crippen molar-refractivity contribution >= 4 is 22.8 Å². The Balaban J connectivity index is 1.94. The van der Waals surface area contributed by atoms with Gasteiger partial charge in [0.1, 0.15) is 0 Å². The summed E-state index contributed by atoms with van der Waals surface area (Å²) < 4.78 is 1.02. The number of benzene rings is 2. The maximum absolute atomic E-state index is 10.6. The fourth-order valence-electron chi connectivity index (χ4n) is 2.13. The molecule has 0 saturated carbocycles. The summed E-state index contributed by atoms with van der Waals surface area (Å²) in [5.41, 5.74) is 1.36. The molecule has 1 aromatic heterocycles. The molecular formula is C16H12N4O3. The van der Waals surface area contributed by atoms with Crippen molar-refractivity contribution in [1.82, 2.24) is 4.73 Å². The van der Waals surface area contributed by atoms with Gasteiger partial charge in [-0.05, 0) is 29.8 Å². The van der Waals surface area contributed by atoms with Gasteiger partial charge in [0.25, 0.3) is 5.69 Å². The van der Waals surface area contributed by atoms with E-state index < -0.39 is 4.92 Å². The molecule has 0 radical (unpaired) electrons. The Labute approximate surface area is 130 Å². The highest BCUT2D eigenvalue weighted by Gasteiger charge is 2.02. The standard InChI is InChI=1S/C16H12N4O3/c21-19-10-9-15(14-3-1-2-4-16(14)19)18-17-11-12-5-7-13(8-6-12)20(22)23/h1-11,21H. The molecule has 3 aromatic rings. The number of fused-ring (bicyclic) bond motifs is 1. The fraction of sp³-hybridized carbons (Fsp3) is 0. The molecule has 2 aromatic carbocycles. The van der Waals surface area contributed by atoms with Crippen LogP contribution in [0.2, 0.25) is 0 Å². The number of pyridine rings is 1. The van der Waals surface area contributed by atoms with Crippen molar-refractivity contribution in [2.45, 2.75) is 0 Å². The largest absolute Gasteiger partial charge is 0.428 e. The molecule has 0 aliphatic heterocycles. The summed E-state index contributed by atoms with van der Waals surface area (Å²) in [5, 5.41) is 29.9. The highest BCUT2D eigenvalue weighted by atomic mass is 16.6. The average Bonchev–Trinajstić information content (AvgIpc) is 2.58. The molecule has 3 rings (SSSR count). The van der Waals surface area contributed by atoms with Gasteiger partial charge in [-0.2, -0.15) is 14.9 Å². The number of para-hydroxylation sites is 1. The maximum atomic E-state index is 10.6. The van der Waals surface area contributed by atoms with Gasteiger partial charge in [0, 0.05) is 23.7 Å². The van der Waals surface area contributed by atoms with Crippen LogP contribution in [0.25, 0.3) is 10.9 Å². The quantitative estimate of drug-likeness (QED) is 0.349. The van der Waals surface area contributed by atoms with E-state index in [0.717, 1.165) is 10.1 Å². The maximum Gasteiger partial charge on any atom is 0.269 e. The third-order valence-electron chi connectivity index (χ3n) is 3.28. The van der Waals surface area contributed by atoms with Crippen LogP contribution in [0, 0.1) is 10.1 Å². The second kappa shape index (κ2) is 6.10. The van der Waals surface area contributed by atoms with Crippen molar-refractivity contribution in [2.75, 3.05) is 0 Å². The van der Waals surface area contributed by atoms with Gasteiger partial charge in [-0.15, -0.1) is 0 Å². The lowest BCUT2D eigenvalue weighted by Crippen LogP contribution is -2.07. The average molecular weight is 308 g/mol. The zero-order valence-electron chi connectivity index (χ0n) is 11.9. The molecule has 0 unspecified atom stereocenters. The molecule has 0 bridgehead atoms. The van der Waals surface area contributed by atoms with E-state index in [9.17, 15) is 15.3 Å². The van der Waals surface area contributed by atoms with Gasteiger partial charge in [0.2, 0.25) is 0 Å². The monoisotopic (exact) mass is 308 g/mol. The van der Waals surface area contributed by atoms with E-state index in [0.29, 0.717) is 16.4 Å². The van der Waals surface area contributed by atoms with Crippen LogP contribution >= 0.6 is 0 Å². The molecule has 7 heteroatoms. The summed E-state index contributed by atoms with van der Waals surface area (Å²) in [6, 6.07) is 14.9. The second-order valence-electron chi connectivity index (χ2n) is 4.76. The van der Waals surface area contributed by atoms with Gasteiger partial charge in [0.15, 0.2) is 0 Å². The van der Waals surface area contributed by atoms with E-state index in [4.69, 9.17) is 0 Å². The summed E-state index contributed by atoms with van der Waals surface area (Å²) >= 11 is 0. The van der Waals surface area contributed by atoms with Crippen molar-refractivity contribution in [3.63, 3.8) is 0 Å². The predicted octanol–water partition coefficient (Wildman–Crippen LogP) is 2.72. The minimum atomic E-state index is -0.453. The molecule has 0 aliphatic carbocycles. The number of hydrogen-bond donors (Lipinski definition) is 1. The Morgan fingerprint density at radius 3 is 2.57 bits per heavy atom. The number of nitro benzene ring substituents is 1. The molecule has 1 N–H and O–H groups in total. The van der Waals surface area contributed by atoms with Crippen LogP contribution in [0.4, 0.5) is 5.69 Å². The first-order chi connectivity index (χ1) is 11.1. The van der Waals surface area contributed by atoms with E-state index in [2.05, 4.69) is 10.2 Å². The summed E-state index contributed by atoms with van der Waals surface area (Å²) in [7, 11) is 0. The lowest BCUT2D eigenvalue weighted by molar-refractivity contribution is -0.384. The second-order valence-corrected chi connectivity index (χ2v) is 4.76. The Morgan fingerprint density at radius 2 is 1.83 bits per heavy atom. The molecule has 1 heterocycles. The van der Waals surface area contributed by atoms with Gasteiger partial charge in [-0.25, -0.2) is 0 Å². The van der Waals surface area contributed by atoms with Crippen LogP contribution in [0.1, 0.15) is 5.56 Å². The molecule has 0 fully saturated rings. The van der Waals surface area contributed by atoms with Gasteiger partial charge in [-0.3, -0.25) is 10.1 Å². The van der Waals surface area contributed by atoms with Crippen molar-refractivity contribution in [2.24, 2.45) is 10.2 Å². The van der Waals surface area contributed by atoms with Gasteiger partial charge >= 0.3 is 0 Å². The normalized spacial score (nSPS) is 12.1. The number of nitrogens with zero attached hydrogens (tertiary/aromatic N) is 4. The third-order valence-corrected chi connectivity index (χ3v) is 3.28. The molecule has 114 valence electrons. The lowest BCUT2D eigenvalue weighted by atomic mass is 10.2. The number of non-ortho nitro benzene ring substituents is 1. The van der Waals surface area contributed by atoms with Crippen LogP contribution in [0.5, 0.6) is 0 Å². The van der Waals surface area contributed by atoms with E-state index in [1.807, 2.05) is 18.2 Å². The smallest absolute Gasteiger partial charge is 0.269 e. The summed E-state index contributed by atoms with van der Waals surface area (Å²) in [5.74, 6) is 0. The van der Waals surface area contributed by atoms with E-state index >= 15 is 0 Å². The minimum Gasteiger partial charge on any atom is -0.428 e. The third kappa shape index (κ3) is 3.08. The highest BCUT2D eigenvalue weighted by Crippen LogP contribution is 2.10. The molecule has 0 spiro atoms. The Bertz CT molecular complexity index is 959. The van der Waals surface area contributed by atoms with Crippen molar-refractivity contribution < 1.29 is 10.1 Å². The Hall–Kier alpha value is -3.48. The first-order valence-electron chi connectivity index (χ1n) is 6.76. The summed E-state index contributed by atoms with van der Waals surface area (Å²) in [6.07, 6.45) is 3.00. The van der Waals surface area contributed by atoms with Gasteiger partial charge in [-0.1, -0.05) is 18.2 Å². The SMILES string of the molecule is O=[N+]([O-])c1ccc(C=NN=c2ccn(O)c3ccccc23)cc1. The number of hydrogen-bond acceptors (Lipinski definition) is 5. The minimum absolute atomic E-state index is 0.0284. The number of aromatic nitrogens is 1. The highest BCUT2D eigenvalue weighted by molar-refractivity contribution is 5.80. The Kier molecular flexibility index (Phi) is 3.84. The predicted molar refractivity (Wildman–Crippen MR) is 85.4 cm³/mol. The van der Waals surface area contributed by atoms with Crippen LogP contribution in [-0.4, -0.2) is 21.1 Å². The summed E-state index contributed by atoms with van der Waals surface area (Å²) in [6.45, 7) is 0. The van der Waals surface area contributed by atoms with Crippen LogP contribution < -0.4 is 5.36 Å². The molecular weight excluding hydrogens is 296 g/mol. The Morgan fingerprint density at radius 1 is 1.09 bits per heavy atom. The lowest BCUT2D eigenvalue weighted by Gasteiger charge is -2.02. The van der Waals surface area contributed by atoms with Gasteiger partial charge in [0.05, 0.1) is 22.0 Å². The molecule has 0 atom stereocenters. The summed E-state index contributed by atoms with van der Waals surface area (Å²) in [4.78, 5) is 10.1. The zero-order chi connectivity index (χ0) is 16.2. The van der Waals surface area contributed by atoms with Crippen molar-refractivity contribution in [1.29, 1.82) is 0 Å². The molecule has 7 nitrogen and oxygen atoms in total. The molecule has 0 saturated heterocycles. The molecule has 0 aliphatic rings. The van der Waals surface area contributed by atoms with Crippen LogP contribution in [0.15, 0.2) is 71.0 Å². The first-order valence-corrected chi connectivity index (χ1v) is 6.76. The topological polar surface area (TPSA) is 93.0 Å². The molecule has 23 heavy (non-hydrogen) atoms. The fourth-order valence-corrected chi connectivity index (χ4v) is 2.13. The van der Waals surface area contributed by atoms with Crippen LogP contribution in [-0.2, 0) is 0 Å². The molecule has 0 amide bonds.